The van der Waals surface area contributed by atoms with Crippen LogP contribution in [0.1, 0.15) is 11.1 Å². The number of aromatic nitrogens is 1. The Hall–Kier alpha value is -4.17. The molecular formula is C25H18FN3O. The summed E-state index contributed by atoms with van der Waals surface area (Å²) in [6.45, 7) is 1.88. The number of hydrogen-bond donors (Lipinski definition) is 1. The number of pyridine rings is 1. The quantitative estimate of drug-likeness (QED) is 0.452. The maximum absolute atomic E-state index is 13.4. The van der Waals surface area contributed by atoms with Crippen LogP contribution in [0.4, 0.5) is 10.2 Å². The minimum absolute atomic E-state index is 0.131. The molecule has 0 fully saturated rings. The zero-order valence-corrected chi connectivity index (χ0v) is 16.3. The minimum atomic E-state index is -0.330. The second kappa shape index (κ2) is 8.06. The molecular weight excluding hydrogens is 377 g/mol. The molecule has 3 aromatic carbocycles. The normalized spacial score (nSPS) is 10.4. The van der Waals surface area contributed by atoms with E-state index in [-0.39, 0.29) is 11.6 Å². The highest BCUT2D eigenvalue weighted by Gasteiger charge is 2.19. The summed E-state index contributed by atoms with van der Waals surface area (Å²) in [6, 6.07) is 25.1. The van der Waals surface area contributed by atoms with Crippen molar-refractivity contribution in [2.45, 2.75) is 6.92 Å². The van der Waals surface area contributed by atoms with E-state index in [2.05, 4.69) is 11.1 Å². The van der Waals surface area contributed by atoms with E-state index < -0.39 is 0 Å². The zero-order valence-electron chi connectivity index (χ0n) is 16.3. The number of para-hydroxylation sites is 1. The zero-order chi connectivity index (χ0) is 21.1. The number of rotatable bonds is 4. The van der Waals surface area contributed by atoms with Gasteiger partial charge >= 0.3 is 0 Å². The molecule has 4 nitrogen and oxygen atoms in total. The predicted octanol–water partition coefficient (Wildman–Crippen LogP) is 6.11. The van der Waals surface area contributed by atoms with Gasteiger partial charge in [-0.15, -0.1) is 0 Å². The lowest BCUT2D eigenvalue weighted by Gasteiger charge is -2.16. The lowest BCUT2D eigenvalue weighted by Crippen LogP contribution is -2.03. The number of benzene rings is 3. The van der Waals surface area contributed by atoms with Crippen LogP contribution < -0.4 is 10.5 Å². The van der Waals surface area contributed by atoms with Gasteiger partial charge < -0.3 is 10.5 Å². The first-order valence-electron chi connectivity index (χ1n) is 9.36. The maximum Gasteiger partial charge on any atom is 0.142 e. The maximum atomic E-state index is 13.4. The largest absolute Gasteiger partial charge is 0.457 e. The van der Waals surface area contributed by atoms with E-state index in [1.165, 1.54) is 12.1 Å². The van der Waals surface area contributed by atoms with E-state index in [9.17, 15) is 9.65 Å². The third-order valence-corrected chi connectivity index (χ3v) is 4.80. The SMILES string of the molecule is Cc1c(-c2ccc(F)cc2)nc(N)c(C#N)c1-c1cccc(Oc2ccccc2)c1. The summed E-state index contributed by atoms with van der Waals surface area (Å²) in [5.41, 5.74) is 10.0. The molecule has 0 spiro atoms. The Bertz CT molecular complexity index is 1250. The molecule has 1 aromatic heterocycles. The van der Waals surface area contributed by atoms with E-state index in [1.807, 2.05) is 61.5 Å². The Morgan fingerprint density at radius 2 is 1.60 bits per heavy atom. The lowest BCUT2D eigenvalue weighted by atomic mass is 9.92. The van der Waals surface area contributed by atoms with Crippen LogP contribution in [-0.4, -0.2) is 4.98 Å². The van der Waals surface area contributed by atoms with Gasteiger partial charge in [0.2, 0.25) is 0 Å². The van der Waals surface area contributed by atoms with Crippen molar-refractivity contribution in [1.29, 1.82) is 5.26 Å². The van der Waals surface area contributed by atoms with E-state index in [0.29, 0.717) is 28.3 Å². The molecule has 2 N–H and O–H groups in total. The van der Waals surface area contributed by atoms with Crippen LogP contribution in [0, 0.1) is 24.1 Å². The van der Waals surface area contributed by atoms with Gasteiger partial charge in [0.05, 0.1) is 5.69 Å². The van der Waals surface area contributed by atoms with E-state index >= 15 is 0 Å². The van der Waals surface area contributed by atoms with Crippen molar-refractivity contribution in [1.82, 2.24) is 4.98 Å². The fourth-order valence-corrected chi connectivity index (χ4v) is 3.40. The topological polar surface area (TPSA) is 71.9 Å². The summed E-state index contributed by atoms with van der Waals surface area (Å²) in [4.78, 5) is 4.42. The molecule has 0 saturated heterocycles. The molecule has 0 bridgehead atoms. The van der Waals surface area contributed by atoms with Crippen molar-refractivity contribution in [2.24, 2.45) is 0 Å². The summed E-state index contributed by atoms with van der Waals surface area (Å²) in [5, 5.41) is 9.74. The molecule has 0 atom stereocenters. The number of hydrogen-bond acceptors (Lipinski definition) is 4. The van der Waals surface area contributed by atoms with Gasteiger partial charge in [0, 0.05) is 11.1 Å². The highest BCUT2D eigenvalue weighted by Crippen LogP contribution is 2.37. The molecule has 0 aliphatic carbocycles. The van der Waals surface area contributed by atoms with Crippen LogP contribution in [-0.2, 0) is 0 Å². The van der Waals surface area contributed by atoms with Crippen molar-refractivity contribution < 1.29 is 9.13 Å². The number of ether oxygens (including phenoxy) is 1. The van der Waals surface area contributed by atoms with Gasteiger partial charge in [0.1, 0.15) is 34.8 Å². The van der Waals surface area contributed by atoms with E-state index in [0.717, 1.165) is 16.7 Å². The van der Waals surface area contributed by atoms with Crippen LogP contribution in [0.3, 0.4) is 0 Å². The Balaban J connectivity index is 1.85. The average Bonchev–Trinajstić information content (AvgIpc) is 2.76. The second-order valence-electron chi connectivity index (χ2n) is 6.78. The van der Waals surface area contributed by atoms with E-state index in [4.69, 9.17) is 10.5 Å². The molecule has 5 heteroatoms. The number of nitrogen functional groups attached to an aromatic ring is 1. The molecule has 0 unspecified atom stereocenters. The fourth-order valence-electron chi connectivity index (χ4n) is 3.40. The molecule has 0 aliphatic heterocycles. The lowest BCUT2D eigenvalue weighted by molar-refractivity contribution is 0.483. The van der Waals surface area contributed by atoms with Crippen molar-refractivity contribution >= 4 is 5.82 Å². The first-order chi connectivity index (χ1) is 14.6. The van der Waals surface area contributed by atoms with Gasteiger partial charge in [0.25, 0.3) is 0 Å². The number of nitrogens with zero attached hydrogens (tertiary/aromatic N) is 2. The average molecular weight is 395 g/mol. The van der Waals surface area contributed by atoms with Crippen LogP contribution >= 0.6 is 0 Å². The van der Waals surface area contributed by atoms with Gasteiger partial charge in [-0.05, 0) is 66.6 Å². The van der Waals surface area contributed by atoms with Crippen molar-refractivity contribution in [3.8, 4) is 40.0 Å². The molecule has 146 valence electrons. The molecule has 0 amide bonds. The Kier molecular flexibility index (Phi) is 5.15. The number of nitriles is 1. The molecule has 30 heavy (non-hydrogen) atoms. The van der Waals surface area contributed by atoms with Gasteiger partial charge in [-0.3, -0.25) is 0 Å². The summed E-state index contributed by atoms with van der Waals surface area (Å²) < 4.78 is 19.3. The van der Waals surface area contributed by atoms with Crippen molar-refractivity contribution in [3.63, 3.8) is 0 Å². The molecule has 0 radical (unpaired) electrons. The number of nitrogens with two attached hydrogens (primary N) is 1. The van der Waals surface area contributed by atoms with Crippen molar-refractivity contribution in [2.75, 3.05) is 5.73 Å². The number of anilines is 1. The Morgan fingerprint density at radius 1 is 0.900 bits per heavy atom. The summed E-state index contributed by atoms with van der Waals surface area (Å²) >= 11 is 0. The predicted molar refractivity (Wildman–Crippen MR) is 115 cm³/mol. The molecule has 4 rings (SSSR count). The first kappa shape index (κ1) is 19.2. The molecule has 4 aromatic rings. The van der Waals surface area contributed by atoms with Gasteiger partial charge in [0.15, 0.2) is 0 Å². The van der Waals surface area contributed by atoms with Crippen LogP contribution in [0.15, 0.2) is 78.9 Å². The molecule has 0 saturated carbocycles. The smallest absolute Gasteiger partial charge is 0.142 e. The van der Waals surface area contributed by atoms with Gasteiger partial charge in [-0.2, -0.15) is 5.26 Å². The first-order valence-corrected chi connectivity index (χ1v) is 9.36. The standard InChI is InChI=1S/C25H18FN3O/c1-16-23(18-6-5-9-21(14-18)30-20-7-3-2-4-8-20)22(15-27)25(28)29-24(16)17-10-12-19(26)13-11-17/h2-14H,1H3,(H2,28,29). The second-order valence-corrected chi connectivity index (χ2v) is 6.78. The summed E-state index contributed by atoms with van der Waals surface area (Å²) in [5.74, 6) is 1.16. The van der Waals surface area contributed by atoms with Crippen LogP contribution in [0.2, 0.25) is 0 Å². The van der Waals surface area contributed by atoms with Crippen LogP contribution in [0.5, 0.6) is 11.5 Å². The fraction of sp³-hybridized carbons (Fsp3) is 0.0400. The minimum Gasteiger partial charge on any atom is -0.457 e. The third kappa shape index (κ3) is 3.71. The van der Waals surface area contributed by atoms with E-state index in [1.54, 1.807) is 12.1 Å². The monoisotopic (exact) mass is 395 g/mol. The summed E-state index contributed by atoms with van der Waals surface area (Å²) in [6.07, 6.45) is 0. The summed E-state index contributed by atoms with van der Waals surface area (Å²) in [7, 11) is 0. The van der Waals surface area contributed by atoms with Gasteiger partial charge in [-0.1, -0.05) is 30.3 Å². The Morgan fingerprint density at radius 3 is 2.30 bits per heavy atom. The molecule has 1 heterocycles. The van der Waals surface area contributed by atoms with Crippen molar-refractivity contribution in [3.05, 3.63) is 95.8 Å². The Labute approximate surface area is 174 Å². The number of halogens is 1. The highest BCUT2D eigenvalue weighted by atomic mass is 19.1. The third-order valence-electron chi connectivity index (χ3n) is 4.80. The molecule has 0 aliphatic rings. The van der Waals surface area contributed by atoms with Crippen LogP contribution in [0.25, 0.3) is 22.4 Å². The highest BCUT2D eigenvalue weighted by molar-refractivity contribution is 5.84. The van der Waals surface area contributed by atoms with Gasteiger partial charge in [-0.25, -0.2) is 9.37 Å².